The van der Waals surface area contributed by atoms with Gasteiger partial charge in [-0.2, -0.15) is 0 Å². The van der Waals surface area contributed by atoms with Crippen molar-refractivity contribution in [2.24, 2.45) is 5.73 Å². The molecule has 3 N–H and O–H groups in total. The van der Waals surface area contributed by atoms with Gasteiger partial charge in [0, 0.05) is 18.3 Å². The van der Waals surface area contributed by atoms with Gasteiger partial charge in [0.15, 0.2) is 0 Å². The predicted octanol–water partition coefficient (Wildman–Crippen LogP) is 1.65. The van der Waals surface area contributed by atoms with Gasteiger partial charge < -0.3 is 15.8 Å². The number of carbonyl (C=O) groups is 1. The normalized spacial score (nSPS) is 11.3. The summed E-state index contributed by atoms with van der Waals surface area (Å²) >= 11 is 0. The van der Waals surface area contributed by atoms with Gasteiger partial charge in [-0.15, -0.1) is 12.4 Å². The molecule has 0 saturated carbocycles. The van der Waals surface area contributed by atoms with Gasteiger partial charge in [0.2, 0.25) is 11.8 Å². The van der Waals surface area contributed by atoms with Crippen LogP contribution in [0.5, 0.6) is 5.88 Å². The first-order valence-corrected chi connectivity index (χ1v) is 6.29. The highest BCUT2D eigenvalue weighted by atomic mass is 35.5. The smallest absolute Gasteiger partial charge is 0.237 e. The van der Waals surface area contributed by atoms with E-state index in [2.05, 4.69) is 10.3 Å². The van der Waals surface area contributed by atoms with Crippen LogP contribution in [-0.2, 0) is 11.3 Å². The van der Waals surface area contributed by atoms with Crippen molar-refractivity contribution in [3.8, 4) is 5.88 Å². The first-order valence-electron chi connectivity index (χ1n) is 6.29. The number of nitrogens with one attached hydrogen (secondary N) is 1. The monoisotopic (exact) mass is 287 g/mol. The Hall–Kier alpha value is -1.33. The molecule has 0 spiro atoms. The fourth-order valence-corrected chi connectivity index (χ4v) is 1.58. The van der Waals surface area contributed by atoms with Crippen LogP contribution in [0.3, 0.4) is 0 Å². The average Bonchev–Trinajstić information content (AvgIpc) is 2.38. The summed E-state index contributed by atoms with van der Waals surface area (Å²) < 4.78 is 5.38. The Labute approximate surface area is 120 Å². The molecule has 6 heteroatoms. The highest BCUT2D eigenvalue weighted by molar-refractivity contribution is 5.85. The minimum Gasteiger partial charge on any atom is -0.478 e. The third kappa shape index (κ3) is 5.89. The lowest BCUT2D eigenvalue weighted by molar-refractivity contribution is -0.122. The van der Waals surface area contributed by atoms with Crippen molar-refractivity contribution < 1.29 is 9.53 Å². The maximum Gasteiger partial charge on any atom is 0.237 e. The van der Waals surface area contributed by atoms with Crippen LogP contribution in [0.25, 0.3) is 0 Å². The maximum absolute atomic E-state index is 11.7. The number of halogens is 1. The Morgan fingerprint density at radius 2 is 2.26 bits per heavy atom. The Kier molecular flexibility index (Phi) is 8.91. The van der Waals surface area contributed by atoms with Gasteiger partial charge in [0.05, 0.1) is 12.6 Å². The molecule has 1 aromatic heterocycles. The quantitative estimate of drug-likeness (QED) is 0.799. The molecule has 0 fully saturated rings. The summed E-state index contributed by atoms with van der Waals surface area (Å²) in [5.74, 6) is 0.424. The number of pyridine rings is 1. The van der Waals surface area contributed by atoms with E-state index in [1.54, 1.807) is 6.20 Å². The number of ether oxygens (including phenoxy) is 1. The SMILES string of the molecule is CCCC(N)C(=O)NCc1cccnc1OCC.Cl. The first-order chi connectivity index (χ1) is 8.69. The van der Waals surface area contributed by atoms with Crippen molar-refractivity contribution in [1.29, 1.82) is 0 Å². The second kappa shape index (κ2) is 9.58. The molecule has 0 aromatic carbocycles. The average molecular weight is 288 g/mol. The summed E-state index contributed by atoms with van der Waals surface area (Å²) in [4.78, 5) is 15.8. The number of hydrogen-bond donors (Lipinski definition) is 2. The van der Waals surface area contributed by atoms with Crippen LogP contribution in [0.2, 0.25) is 0 Å². The number of nitrogens with two attached hydrogens (primary N) is 1. The molecule has 1 aromatic rings. The molecule has 0 radical (unpaired) electrons. The third-order valence-electron chi connectivity index (χ3n) is 2.52. The number of carbonyl (C=O) groups excluding carboxylic acids is 1. The molecule has 1 unspecified atom stereocenters. The van der Waals surface area contributed by atoms with Gasteiger partial charge in [-0.05, 0) is 19.4 Å². The van der Waals surface area contributed by atoms with Crippen molar-refractivity contribution in [2.45, 2.75) is 39.3 Å². The second-order valence-electron chi connectivity index (χ2n) is 4.01. The minimum absolute atomic E-state index is 0. The van der Waals surface area contributed by atoms with Crippen LogP contribution in [0.1, 0.15) is 32.3 Å². The van der Waals surface area contributed by atoms with Crippen LogP contribution in [0.15, 0.2) is 18.3 Å². The lowest BCUT2D eigenvalue weighted by Gasteiger charge is -2.12. The Bertz CT molecular complexity index is 388. The molecule has 1 amide bonds. The second-order valence-corrected chi connectivity index (χ2v) is 4.01. The van der Waals surface area contributed by atoms with Gasteiger partial charge in [0.25, 0.3) is 0 Å². The molecule has 108 valence electrons. The number of amides is 1. The van der Waals surface area contributed by atoms with Crippen molar-refractivity contribution in [3.63, 3.8) is 0 Å². The molecule has 0 aliphatic carbocycles. The van der Waals surface area contributed by atoms with E-state index in [1.165, 1.54) is 0 Å². The fraction of sp³-hybridized carbons (Fsp3) is 0.538. The maximum atomic E-state index is 11.7. The van der Waals surface area contributed by atoms with Crippen LogP contribution in [-0.4, -0.2) is 23.5 Å². The van der Waals surface area contributed by atoms with Crippen LogP contribution in [0, 0.1) is 0 Å². The van der Waals surface area contributed by atoms with E-state index in [0.717, 1.165) is 12.0 Å². The zero-order valence-corrected chi connectivity index (χ0v) is 12.2. The Morgan fingerprint density at radius 1 is 1.53 bits per heavy atom. The van der Waals surface area contributed by atoms with Crippen LogP contribution >= 0.6 is 12.4 Å². The fourth-order valence-electron chi connectivity index (χ4n) is 1.58. The molecule has 0 saturated heterocycles. The number of aromatic nitrogens is 1. The minimum atomic E-state index is -0.442. The number of nitrogens with zero attached hydrogens (tertiary/aromatic N) is 1. The van der Waals surface area contributed by atoms with Crippen molar-refractivity contribution in [1.82, 2.24) is 10.3 Å². The van der Waals surface area contributed by atoms with Crippen LogP contribution < -0.4 is 15.8 Å². The van der Waals surface area contributed by atoms with Gasteiger partial charge in [-0.3, -0.25) is 4.79 Å². The molecule has 1 heterocycles. The molecule has 1 atom stereocenters. The lowest BCUT2D eigenvalue weighted by Crippen LogP contribution is -2.40. The van der Waals surface area contributed by atoms with Crippen molar-refractivity contribution >= 4 is 18.3 Å². The van der Waals surface area contributed by atoms with Gasteiger partial charge >= 0.3 is 0 Å². The van der Waals surface area contributed by atoms with E-state index >= 15 is 0 Å². The molecule has 0 aliphatic heterocycles. The van der Waals surface area contributed by atoms with Crippen LogP contribution in [0.4, 0.5) is 0 Å². The Balaban J connectivity index is 0.00000324. The van der Waals surface area contributed by atoms with Crippen molar-refractivity contribution in [3.05, 3.63) is 23.9 Å². The van der Waals surface area contributed by atoms with E-state index in [4.69, 9.17) is 10.5 Å². The Morgan fingerprint density at radius 3 is 2.89 bits per heavy atom. The predicted molar refractivity (Wildman–Crippen MR) is 77.4 cm³/mol. The van der Waals surface area contributed by atoms with E-state index < -0.39 is 6.04 Å². The highest BCUT2D eigenvalue weighted by Gasteiger charge is 2.12. The molecular formula is C13H22ClN3O2. The molecule has 0 bridgehead atoms. The molecule has 0 aliphatic rings. The number of rotatable bonds is 7. The summed E-state index contributed by atoms with van der Waals surface area (Å²) in [6.45, 7) is 4.84. The summed E-state index contributed by atoms with van der Waals surface area (Å²) in [5, 5.41) is 2.80. The summed E-state index contributed by atoms with van der Waals surface area (Å²) in [7, 11) is 0. The summed E-state index contributed by atoms with van der Waals surface area (Å²) in [5.41, 5.74) is 6.59. The molecular weight excluding hydrogens is 266 g/mol. The highest BCUT2D eigenvalue weighted by Crippen LogP contribution is 2.13. The zero-order chi connectivity index (χ0) is 13.4. The molecule has 19 heavy (non-hydrogen) atoms. The van der Waals surface area contributed by atoms with Gasteiger partial charge in [-0.25, -0.2) is 4.98 Å². The summed E-state index contributed by atoms with van der Waals surface area (Å²) in [6.07, 6.45) is 3.25. The topological polar surface area (TPSA) is 77.2 Å². The van der Waals surface area contributed by atoms with E-state index in [1.807, 2.05) is 26.0 Å². The van der Waals surface area contributed by atoms with E-state index in [9.17, 15) is 4.79 Å². The largest absolute Gasteiger partial charge is 0.478 e. The standard InChI is InChI=1S/C13H21N3O2.ClH/c1-3-6-11(14)12(17)16-9-10-7-5-8-15-13(10)18-4-2;/h5,7-8,11H,3-4,6,9,14H2,1-2H3,(H,16,17);1H. The molecule has 1 rings (SSSR count). The summed E-state index contributed by atoms with van der Waals surface area (Å²) in [6, 6.07) is 3.25. The van der Waals surface area contributed by atoms with E-state index in [-0.39, 0.29) is 18.3 Å². The van der Waals surface area contributed by atoms with E-state index in [0.29, 0.717) is 25.5 Å². The zero-order valence-electron chi connectivity index (χ0n) is 11.4. The first kappa shape index (κ1) is 17.7. The third-order valence-corrected chi connectivity index (χ3v) is 2.52. The number of hydrogen-bond acceptors (Lipinski definition) is 4. The van der Waals surface area contributed by atoms with Crippen molar-refractivity contribution in [2.75, 3.05) is 6.61 Å². The molecule has 5 nitrogen and oxygen atoms in total. The van der Waals surface area contributed by atoms with Gasteiger partial charge in [-0.1, -0.05) is 19.4 Å². The lowest BCUT2D eigenvalue weighted by atomic mass is 10.1. The van der Waals surface area contributed by atoms with Gasteiger partial charge in [0.1, 0.15) is 0 Å².